The van der Waals surface area contributed by atoms with Crippen molar-refractivity contribution in [3.63, 3.8) is 0 Å². The summed E-state index contributed by atoms with van der Waals surface area (Å²) >= 11 is 6.45. The van der Waals surface area contributed by atoms with Crippen molar-refractivity contribution in [1.82, 2.24) is 4.72 Å². The van der Waals surface area contributed by atoms with Gasteiger partial charge in [-0.05, 0) is 118 Å². The molecular formula is C37H47ClN2O6S. The molecule has 0 aromatic heterocycles. The van der Waals surface area contributed by atoms with Crippen molar-refractivity contribution in [2.24, 2.45) is 11.8 Å². The number of fused-ring (bicyclic) bond motifs is 4. The van der Waals surface area contributed by atoms with Gasteiger partial charge >= 0.3 is 0 Å². The summed E-state index contributed by atoms with van der Waals surface area (Å²) in [6.45, 7) is 5.26. The van der Waals surface area contributed by atoms with E-state index in [1.54, 1.807) is 6.07 Å². The lowest BCUT2D eigenvalue weighted by atomic mass is 9.68. The zero-order chi connectivity index (χ0) is 32.6. The molecule has 254 valence electrons. The van der Waals surface area contributed by atoms with E-state index in [4.69, 9.17) is 25.8 Å². The average molecular weight is 683 g/mol. The Hall–Kier alpha value is -2.59. The van der Waals surface area contributed by atoms with Crippen LogP contribution in [0.2, 0.25) is 5.02 Å². The Labute approximate surface area is 284 Å². The molecule has 1 saturated carbocycles. The van der Waals surface area contributed by atoms with E-state index in [-0.39, 0.29) is 17.6 Å². The minimum atomic E-state index is -3.88. The van der Waals surface area contributed by atoms with Crippen LogP contribution in [-0.2, 0) is 31.3 Å². The molecule has 47 heavy (non-hydrogen) atoms. The zero-order valence-corrected chi connectivity index (χ0v) is 28.9. The summed E-state index contributed by atoms with van der Waals surface area (Å²) in [5, 5.41) is 0.0751. The SMILES string of the molecule is CC[C@@H]1CC/C=C\[C@H](OC[C@H]2CCCO2)[C@@H]2CC[C@H]2CN2C[C@@]3(CCCc4cc(Cl)ccc43)COc3ccc(cc32)C(=O)NS1(=O)=O. The lowest BCUT2D eigenvalue weighted by Gasteiger charge is -2.46. The third-order valence-corrected chi connectivity index (χ3v) is 13.4. The Morgan fingerprint density at radius 2 is 2.00 bits per heavy atom. The number of anilines is 1. The second kappa shape index (κ2) is 13.7. The first-order chi connectivity index (χ1) is 22.7. The van der Waals surface area contributed by atoms with Crippen LogP contribution in [0.15, 0.2) is 48.6 Å². The van der Waals surface area contributed by atoms with E-state index in [2.05, 4.69) is 33.9 Å². The molecule has 3 heterocycles. The van der Waals surface area contributed by atoms with Gasteiger partial charge in [0, 0.05) is 35.7 Å². The number of amides is 1. The Balaban J connectivity index is 1.26. The molecule has 1 N–H and O–H groups in total. The maximum atomic E-state index is 13.5. The summed E-state index contributed by atoms with van der Waals surface area (Å²) in [6, 6.07) is 11.6. The molecule has 2 aromatic rings. The number of nitrogens with one attached hydrogen (secondary N) is 1. The van der Waals surface area contributed by atoms with Crippen molar-refractivity contribution in [2.75, 3.05) is 37.8 Å². The van der Waals surface area contributed by atoms with Crippen LogP contribution in [0.4, 0.5) is 5.69 Å². The molecule has 1 amide bonds. The Morgan fingerprint density at radius 1 is 1.11 bits per heavy atom. The highest BCUT2D eigenvalue weighted by Gasteiger charge is 2.44. The number of allylic oxidation sites excluding steroid dienone is 1. The number of hydrogen-bond acceptors (Lipinski definition) is 7. The summed E-state index contributed by atoms with van der Waals surface area (Å²) in [4.78, 5) is 15.9. The van der Waals surface area contributed by atoms with E-state index in [1.807, 2.05) is 25.1 Å². The van der Waals surface area contributed by atoms with Crippen molar-refractivity contribution >= 4 is 33.2 Å². The Kier molecular flexibility index (Phi) is 9.62. The molecule has 5 aliphatic rings. The summed E-state index contributed by atoms with van der Waals surface area (Å²) in [5.74, 6) is 0.838. The topological polar surface area (TPSA) is 94.2 Å². The molecular weight excluding hydrogens is 636 g/mol. The highest BCUT2D eigenvalue weighted by molar-refractivity contribution is 7.90. The van der Waals surface area contributed by atoms with E-state index in [0.29, 0.717) is 49.9 Å². The number of carbonyl (C=O) groups excluding carboxylic acids is 1. The fourth-order valence-corrected chi connectivity index (χ4v) is 10.1. The smallest absolute Gasteiger partial charge is 0.264 e. The van der Waals surface area contributed by atoms with Crippen molar-refractivity contribution in [3.8, 4) is 5.75 Å². The van der Waals surface area contributed by atoms with Gasteiger partial charge in [-0.2, -0.15) is 0 Å². The number of halogens is 1. The number of rotatable bonds is 4. The Morgan fingerprint density at radius 3 is 2.79 bits per heavy atom. The zero-order valence-electron chi connectivity index (χ0n) is 27.3. The van der Waals surface area contributed by atoms with Gasteiger partial charge < -0.3 is 19.1 Å². The first-order valence-corrected chi connectivity index (χ1v) is 19.4. The molecule has 2 aromatic carbocycles. The van der Waals surface area contributed by atoms with Crippen molar-refractivity contribution in [1.29, 1.82) is 0 Å². The monoisotopic (exact) mass is 682 g/mol. The predicted molar refractivity (Wildman–Crippen MR) is 184 cm³/mol. The minimum absolute atomic E-state index is 0.0669. The first kappa shape index (κ1) is 32.9. The van der Waals surface area contributed by atoms with E-state index in [1.165, 1.54) is 11.1 Å². The second-order valence-electron chi connectivity index (χ2n) is 14.2. The number of carbonyl (C=O) groups is 1. The predicted octanol–water partition coefficient (Wildman–Crippen LogP) is 6.59. The van der Waals surface area contributed by atoms with Crippen molar-refractivity contribution in [3.05, 3.63) is 70.3 Å². The maximum Gasteiger partial charge on any atom is 0.264 e. The largest absolute Gasteiger partial charge is 0.490 e. The lowest BCUT2D eigenvalue weighted by Crippen LogP contribution is -2.50. The standard InChI is InChI=1S/C37H47ClN2O6S/c1-2-30-9-3-4-10-34(45-22-29-8-6-18-44-29)31-14-11-27(31)21-40-23-37(17-5-7-25-19-28(38)13-15-32(25)37)24-46-35-16-12-26(20-33(35)40)36(41)39-47(30,42)43/h4,10,12-13,15-16,19-20,27,29-31,34H,2-3,5-9,11,14,17-18,21-24H2,1H3,(H,39,41)/b10-4-/t27-,29+,30+,31+,34-,37-/m0/s1. The molecule has 2 fully saturated rings. The van der Waals surface area contributed by atoms with Crippen LogP contribution in [0.5, 0.6) is 5.75 Å². The number of nitrogens with zero attached hydrogens (tertiary/aromatic N) is 1. The van der Waals surface area contributed by atoms with Gasteiger partial charge in [-0.25, -0.2) is 13.1 Å². The first-order valence-electron chi connectivity index (χ1n) is 17.5. The number of benzene rings is 2. The van der Waals surface area contributed by atoms with Gasteiger partial charge in [-0.1, -0.05) is 36.7 Å². The summed E-state index contributed by atoms with van der Waals surface area (Å²) in [7, 11) is -3.88. The van der Waals surface area contributed by atoms with Gasteiger partial charge in [0.1, 0.15) is 5.75 Å². The van der Waals surface area contributed by atoms with E-state index in [9.17, 15) is 13.2 Å². The molecule has 8 nitrogen and oxygen atoms in total. The molecule has 10 heteroatoms. The number of ether oxygens (including phenoxy) is 3. The minimum Gasteiger partial charge on any atom is -0.490 e. The summed E-state index contributed by atoms with van der Waals surface area (Å²) < 4.78 is 48.3. The molecule has 1 saturated heterocycles. The van der Waals surface area contributed by atoms with E-state index >= 15 is 0 Å². The third kappa shape index (κ3) is 6.83. The van der Waals surface area contributed by atoms with Crippen LogP contribution < -0.4 is 14.4 Å². The Bertz CT molecular complexity index is 1610. The number of hydrogen-bond donors (Lipinski definition) is 1. The van der Waals surface area contributed by atoms with Crippen molar-refractivity contribution in [2.45, 2.75) is 94.0 Å². The van der Waals surface area contributed by atoms with Crippen LogP contribution in [0.1, 0.15) is 86.2 Å². The molecule has 0 unspecified atom stereocenters. The molecule has 3 aliphatic heterocycles. The summed E-state index contributed by atoms with van der Waals surface area (Å²) in [5.41, 5.74) is 3.47. The van der Waals surface area contributed by atoms with Crippen LogP contribution in [0.25, 0.3) is 0 Å². The average Bonchev–Trinajstić information content (AvgIpc) is 3.51. The molecule has 1 spiro atoms. The van der Waals surface area contributed by atoms with Crippen LogP contribution in [0.3, 0.4) is 0 Å². The highest BCUT2D eigenvalue weighted by atomic mass is 35.5. The quantitative estimate of drug-likeness (QED) is 0.364. The highest BCUT2D eigenvalue weighted by Crippen LogP contribution is 2.47. The van der Waals surface area contributed by atoms with Gasteiger partial charge in [0.05, 0.1) is 36.4 Å². The fraction of sp³-hybridized carbons (Fsp3) is 0.595. The lowest BCUT2D eigenvalue weighted by molar-refractivity contribution is -0.0532. The fourth-order valence-electron chi connectivity index (χ4n) is 8.47. The van der Waals surface area contributed by atoms with Crippen LogP contribution in [0, 0.1) is 11.8 Å². The van der Waals surface area contributed by atoms with Gasteiger partial charge in [0.25, 0.3) is 5.91 Å². The molecule has 2 bridgehead atoms. The number of aryl methyl sites for hydroxylation is 1. The summed E-state index contributed by atoms with van der Waals surface area (Å²) in [6.07, 6.45) is 13.0. The van der Waals surface area contributed by atoms with E-state index in [0.717, 1.165) is 81.1 Å². The van der Waals surface area contributed by atoms with Crippen molar-refractivity contribution < 1.29 is 27.4 Å². The molecule has 6 atom stereocenters. The van der Waals surface area contributed by atoms with Crippen LogP contribution >= 0.6 is 11.6 Å². The van der Waals surface area contributed by atoms with Crippen LogP contribution in [-0.4, -0.2) is 64.7 Å². The van der Waals surface area contributed by atoms with E-state index < -0.39 is 21.2 Å². The van der Waals surface area contributed by atoms with Gasteiger partial charge in [0.15, 0.2) is 0 Å². The maximum absolute atomic E-state index is 13.5. The van der Waals surface area contributed by atoms with Gasteiger partial charge in [-0.15, -0.1) is 0 Å². The van der Waals surface area contributed by atoms with Gasteiger partial charge in [-0.3, -0.25) is 4.79 Å². The number of sulfonamides is 1. The normalized spacial score (nSPS) is 32.7. The molecule has 0 radical (unpaired) electrons. The van der Waals surface area contributed by atoms with Gasteiger partial charge in [0.2, 0.25) is 10.0 Å². The third-order valence-electron chi connectivity index (χ3n) is 11.3. The second-order valence-corrected chi connectivity index (χ2v) is 16.6. The molecule has 2 aliphatic carbocycles. The molecule has 7 rings (SSSR count).